The molecule has 2 N–H and O–H groups in total. The Balaban J connectivity index is 2.01. The van der Waals surface area contributed by atoms with E-state index in [-0.39, 0.29) is 0 Å². The van der Waals surface area contributed by atoms with Crippen molar-refractivity contribution in [3.63, 3.8) is 0 Å². The monoisotopic (exact) mass is 247 g/mol. The van der Waals surface area contributed by atoms with Crippen LogP contribution in [-0.2, 0) is 6.54 Å². The minimum atomic E-state index is 0.411. The Morgan fingerprint density at radius 3 is 2.82 bits per heavy atom. The summed E-state index contributed by atoms with van der Waals surface area (Å²) in [5, 5.41) is 2.11. The maximum Gasteiger partial charge on any atom is 0.0545 e. The van der Waals surface area contributed by atoms with Crippen molar-refractivity contribution in [3.8, 4) is 0 Å². The molecule has 2 aromatic heterocycles. The van der Waals surface area contributed by atoms with Gasteiger partial charge in [0.05, 0.1) is 17.6 Å². The zero-order valence-electron chi connectivity index (χ0n) is 10.1. The third kappa shape index (κ3) is 3.05. The van der Waals surface area contributed by atoms with E-state index >= 15 is 0 Å². The summed E-state index contributed by atoms with van der Waals surface area (Å²) >= 11 is 1.79. The molecule has 2 heterocycles. The molecule has 0 aliphatic rings. The van der Waals surface area contributed by atoms with E-state index in [2.05, 4.69) is 41.4 Å². The fourth-order valence-electron chi connectivity index (χ4n) is 1.67. The van der Waals surface area contributed by atoms with Crippen LogP contribution >= 0.6 is 11.3 Å². The normalized spacial score (nSPS) is 12.9. The molecule has 90 valence electrons. The lowest BCUT2D eigenvalue weighted by atomic mass is 10.2. The number of nitrogens with zero attached hydrogens (tertiary/aromatic N) is 2. The molecule has 4 heteroatoms. The lowest BCUT2D eigenvalue weighted by Crippen LogP contribution is -2.21. The second-order valence-electron chi connectivity index (χ2n) is 4.19. The third-order valence-electron chi connectivity index (χ3n) is 2.88. The Hall–Kier alpha value is -1.39. The molecule has 0 aliphatic carbocycles. The van der Waals surface area contributed by atoms with Gasteiger partial charge in [-0.25, -0.2) is 0 Å². The highest BCUT2D eigenvalue weighted by Gasteiger charge is 2.12. The number of nitrogen functional groups attached to an aromatic ring is 1. The Kier molecular flexibility index (Phi) is 3.76. The molecule has 0 aromatic carbocycles. The zero-order valence-corrected chi connectivity index (χ0v) is 10.9. The molecule has 3 nitrogen and oxygen atoms in total. The number of hydrogen-bond acceptors (Lipinski definition) is 4. The molecule has 0 amide bonds. The molecule has 1 atom stereocenters. The maximum absolute atomic E-state index is 5.62. The maximum atomic E-state index is 5.62. The molecule has 0 saturated heterocycles. The summed E-state index contributed by atoms with van der Waals surface area (Å²) < 4.78 is 0. The first-order valence-corrected chi connectivity index (χ1v) is 6.49. The van der Waals surface area contributed by atoms with Gasteiger partial charge in [0.1, 0.15) is 0 Å². The Morgan fingerprint density at radius 2 is 2.24 bits per heavy atom. The van der Waals surface area contributed by atoms with Gasteiger partial charge in [-0.05, 0) is 37.6 Å². The Morgan fingerprint density at radius 1 is 1.41 bits per heavy atom. The lowest BCUT2D eigenvalue weighted by Gasteiger charge is -2.23. The number of rotatable bonds is 4. The number of thiophene rings is 1. The van der Waals surface area contributed by atoms with E-state index in [9.17, 15) is 0 Å². The van der Waals surface area contributed by atoms with Crippen molar-refractivity contribution in [2.24, 2.45) is 0 Å². The van der Waals surface area contributed by atoms with Crippen LogP contribution in [0.2, 0.25) is 0 Å². The first-order valence-electron chi connectivity index (χ1n) is 5.61. The fraction of sp³-hybridized carbons (Fsp3) is 0.308. The van der Waals surface area contributed by atoms with Crippen molar-refractivity contribution in [1.29, 1.82) is 0 Å². The minimum Gasteiger partial charge on any atom is -0.397 e. The van der Waals surface area contributed by atoms with Crippen LogP contribution in [0.15, 0.2) is 35.8 Å². The van der Waals surface area contributed by atoms with Crippen molar-refractivity contribution in [3.05, 3.63) is 46.4 Å². The van der Waals surface area contributed by atoms with Crippen LogP contribution in [0.4, 0.5) is 5.69 Å². The first kappa shape index (κ1) is 12.1. The van der Waals surface area contributed by atoms with E-state index in [1.807, 2.05) is 12.1 Å². The van der Waals surface area contributed by atoms with Crippen LogP contribution in [0, 0.1) is 0 Å². The summed E-state index contributed by atoms with van der Waals surface area (Å²) in [7, 11) is 2.11. The van der Waals surface area contributed by atoms with Crippen molar-refractivity contribution in [1.82, 2.24) is 9.88 Å². The number of anilines is 1. The van der Waals surface area contributed by atoms with Gasteiger partial charge in [-0.15, -0.1) is 11.3 Å². The van der Waals surface area contributed by atoms with Crippen LogP contribution in [0.5, 0.6) is 0 Å². The van der Waals surface area contributed by atoms with Crippen LogP contribution in [0.25, 0.3) is 0 Å². The first-order chi connectivity index (χ1) is 8.16. The molecule has 2 aromatic rings. The predicted molar refractivity (Wildman–Crippen MR) is 72.9 cm³/mol. The second kappa shape index (κ2) is 5.29. The number of nitrogens with two attached hydrogens (primary N) is 1. The second-order valence-corrected chi connectivity index (χ2v) is 5.17. The summed E-state index contributed by atoms with van der Waals surface area (Å²) in [4.78, 5) is 7.98. The molecule has 0 spiro atoms. The molecule has 0 aliphatic heterocycles. The van der Waals surface area contributed by atoms with Gasteiger partial charge in [0.2, 0.25) is 0 Å². The molecule has 0 bridgehead atoms. The highest BCUT2D eigenvalue weighted by Crippen LogP contribution is 2.24. The fourth-order valence-corrected chi connectivity index (χ4v) is 2.52. The van der Waals surface area contributed by atoms with Gasteiger partial charge in [0, 0.05) is 17.5 Å². The van der Waals surface area contributed by atoms with Crippen molar-refractivity contribution in [2.45, 2.75) is 19.5 Å². The van der Waals surface area contributed by atoms with E-state index in [4.69, 9.17) is 5.73 Å². The minimum absolute atomic E-state index is 0.411. The topological polar surface area (TPSA) is 42.1 Å². The number of pyridine rings is 1. The highest BCUT2D eigenvalue weighted by atomic mass is 32.1. The van der Waals surface area contributed by atoms with Crippen molar-refractivity contribution >= 4 is 17.0 Å². The summed E-state index contributed by atoms with van der Waals surface area (Å²) in [5.74, 6) is 0. The lowest BCUT2D eigenvalue weighted by molar-refractivity contribution is 0.253. The smallest absolute Gasteiger partial charge is 0.0545 e. The summed E-state index contributed by atoms with van der Waals surface area (Å²) in [5.41, 5.74) is 7.38. The third-order valence-corrected chi connectivity index (χ3v) is 3.92. The molecular weight excluding hydrogens is 230 g/mol. The number of hydrogen-bond donors (Lipinski definition) is 1. The van der Waals surface area contributed by atoms with E-state index < -0.39 is 0 Å². The van der Waals surface area contributed by atoms with Crippen molar-refractivity contribution in [2.75, 3.05) is 12.8 Å². The average molecular weight is 247 g/mol. The van der Waals surface area contributed by atoms with Gasteiger partial charge in [-0.3, -0.25) is 9.88 Å². The molecule has 0 radical (unpaired) electrons. The molecular formula is C13H17N3S. The van der Waals surface area contributed by atoms with Crippen molar-refractivity contribution < 1.29 is 0 Å². The Bertz CT molecular complexity index is 450. The molecule has 1 unspecified atom stereocenters. The van der Waals surface area contributed by atoms with E-state index in [0.717, 1.165) is 12.2 Å². The largest absolute Gasteiger partial charge is 0.397 e. The van der Waals surface area contributed by atoms with Crippen LogP contribution in [0.1, 0.15) is 23.5 Å². The average Bonchev–Trinajstić information content (AvgIpc) is 2.84. The summed E-state index contributed by atoms with van der Waals surface area (Å²) in [6.45, 7) is 3.04. The van der Waals surface area contributed by atoms with Crippen LogP contribution in [-0.4, -0.2) is 16.9 Å². The van der Waals surface area contributed by atoms with Gasteiger partial charge in [0.25, 0.3) is 0 Å². The van der Waals surface area contributed by atoms with Gasteiger partial charge in [0.15, 0.2) is 0 Å². The van der Waals surface area contributed by atoms with Gasteiger partial charge < -0.3 is 5.73 Å². The quantitative estimate of drug-likeness (QED) is 0.903. The highest BCUT2D eigenvalue weighted by molar-refractivity contribution is 7.10. The molecule has 2 rings (SSSR count). The number of aromatic nitrogens is 1. The summed E-state index contributed by atoms with van der Waals surface area (Å²) in [6, 6.07) is 8.54. The van der Waals surface area contributed by atoms with Gasteiger partial charge >= 0.3 is 0 Å². The standard InChI is InChI=1S/C13H17N3S/c1-10(13-4-3-7-17-13)16(2)9-12-6-5-11(14)8-15-12/h3-8,10H,9,14H2,1-2H3. The van der Waals surface area contributed by atoms with E-state index in [0.29, 0.717) is 11.7 Å². The predicted octanol–water partition coefficient (Wildman–Crippen LogP) is 2.92. The van der Waals surface area contributed by atoms with Crippen LogP contribution in [0.3, 0.4) is 0 Å². The van der Waals surface area contributed by atoms with Crippen LogP contribution < -0.4 is 5.73 Å². The Labute approximate surface area is 106 Å². The van der Waals surface area contributed by atoms with Gasteiger partial charge in [-0.1, -0.05) is 6.07 Å². The van der Waals surface area contributed by atoms with E-state index in [1.54, 1.807) is 17.5 Å². The molecule has 17 heavy (non-hydrogen) atoms. The SMILES string of the molecule is CC(c1cccs1)N(C)Cc1ccc(N)cn1. The molecule has 0 fully saturated rings. The van der Waals surface area contributed by atoms with Gasteiger partial charge in [-0.2, -0.15) is 0 Å². The molecule has 0 saturated carbocycles. The summed E-state index contributed by atoms with van der Waals surface area (Å²) in [6.07, 6.45) is 1.71. The zero-order chi connectivity index (χ0) is 12.3. The van der Waals surface area contributed by atoms with E-state index in [1.165, 1.54) is 4.88 Å².